The van der Waals surface area contributed by atoms with Gasteiger partial charge in [0, 0.05) is 12.7 Å². The average molecular weight is 288 g/mol. The second kappa shape index (κ2) is 7.21. The highest BCUT2D eigenvalue weighted by Crippen LogP contribution is 2.29. The summed E-state index contributed by atoms with van der Waals surface area (Å²) in [5.41, 5.74) is 6.23. The van der Waals surface area contributed by atoms with Gasteiger partial charge in [-0.1, -0.05) is 11.6 Å². The number of carbonyl (C=O) groups is 1. The number of ether oxygens (including phenoxy) is 3. The minimum atomic E-state index is -0.522. The normalized spacial score (nSPS) is 12.0. The van der Waals surface area contributed by atoms with E-state index in [1.807, 2.05) is 6.92 Å². The molecule has 0 aliphatic rings. The van der Waals surface area contributed by atoms with Crippen LogP contribution in [0.4, 0.5) is 5.69 Å². The number of rotatable bonds is 6. The summed E-state index contributed by atoms with van der Waals surface area (Å²) in [5.74, 6) is -0.193. The number of hydrogen-bond donors (Lipinski definition) is 1. The minimum absolute atomic E-state index is 0.241. The fourth-order valence-corrected chi connectivity index (χ4v) is 1.63. The number of nitrogens with two attached hydrogens (primary N) is 1. The molecule has 0 fully saturated rings. The maximum atomic E-state index is 12.0. The summed E-state index contributed by atoms with van der Waals surface area (Å²) in [4.78, 5) is 12.0. The van der Waals surface area contributed by atoms with Crippen LogP contribution in [0.15, 0.2) is 12.1 Å². The van der Waals surface area contributed by atoms with E-state index in [9.17, 15) is 4.79 Å². The highest BCUT2D eigenvalue weighted by molar-refractivity contribution is 6.33. The lowest BCUT2D eigenvalue weighted by molar-refractivity contribution is 0.00416. The Hall–Kier alpha value is -1.46. The third-order valence-electron chi connectivity index (χ3n) is 2.40. The van der Waals surface area contributed by atoms with Crippen LogP contribution in [-0.2, 0) is 9.47 Å². The van der Waals surface area contributed by atoms with Crippen molar-refractivity contribution in [2.24, 2.45) is 0 Å². The van der Waals surface area contributed by atoms with E-state index in [2.05, 4.69) is 0 Å². The molecule has 0 heterocycles. The molecule has 1 rings (SSSR count). The van der Waals surface area contributed by atoms with Gasteiger partial charge in [-0.05, 0) is 19.9 Å². The largest absolute Gasteiger partial charge is 0.496 e. The second-order valence-electron chi connectivity index (χ2n) is 3.95. The topological polar surface area (TPSA) is 70.8 Å². The van der Waals surface area contributed by atoms with Gasteiger partial charge >= 0.3 is 5.97 Å². The quantitative estimate of drug-likeness (QED) is 0.643. The lowest BCUT2D eigenvalue weighted by Gasteiger charge is -2.15. The van der Waals surface area contributed by atoms with Gasteiger partial charge in [0.25, 0.3) is 0 Å². The monoisotopic (exact) mass is 287 g/mol. The molecular weight excluding hydrogens is 270 g/mol. The summed E-state index contributed by atoms with van der Waals surface area (Å²) in [6.45, 7) is 4.53. The summed E-state index contributed by atoms with van der Waals surface area (Å²) in [6.07, 6.45) is -0.353. The minimum Gasteiger partial charge on any atom is -0.496 e. The van der Waals surface area contributed by atoms with Gasteiger partial charge in [-0.15, -0.1) is 0 Å². The van der Waals surface area contributed by atoms with Crippen molar-refractivity contribution >= 4 is 23.3 Å². The molecule has 0 spiro atoms. The van der Waals surface area contributed by atoms with Crippen LogP contribution in [0.1, 0.15) is 24.2 Å². The molecule has 1 aromatic rings. The van der Waals surface area contributed by atoms with Gasteiger partial charge in [-0.3, -0.25) is 0 Å². The first kappa shape index (κ1) is 15.6. The van der Waals surface area contributed by atoms with E-state index in [-0.39, 0.29) is 16.7 Å². The Morgan fingerprint density at radius 2 is 2.16 bits per heavy atom. The maximum Gasteiger partial charge on any atom is 0.342 e. The van der Waals surface area contributed by atoms with Crippen LogP contribution in [0.2, 0.25) is 5.02 Å². The van der Waals surface area contributed by atoms with E-state index in [1.165, 1.54) is 19.2 Å². The Bertz CT molecular complexity index is 451. The van der Waals surface area contributed by atoms with Crippen LogP contribution in [0.25, 0.3) is 0 Å². The predicted octanol–water partition coefficient (Wildman–Crippen LogP) is 2.51. The fourth-order valence-electron chi connectivity index (χ4n) is 1.46. The Balaban J connectivity index is 2.84. The molecule has 0 saturated carbocycles. The van der Waals surface area contributed by atoms with Gasteiger partial charge in [0.2, 0.25) is 0 Å². The van der Waals surface area contributed by atoms with Gasteiger partial charge in [-0.25, -0.2) is 4.79 Å². The molecule has 0 aliphatic heterocycles. The molecule has 5 nitrogen and oxygen atoms in total. The SMILES string of the molecule is CCOCC(C)OC(=O)c1cc(Cl)c(N)cc1OC. The molecule has 19 heavy (non-hydrogen) atoms. The number of anilines is 1. The van der Waals surface area contributed by atoms with E-state index >= 15 is 0 Å². The van der Waals surface area contributed by atoms with Crippen molar-refractivity contribution in [1.82, 2.24) is 0 Å². The van der Waals surface area contributed by atoms with E-state index in [0.29, 0.717) is 24.7 Å². The smallest absolute Gasteiger partial charge is 0.342 e. The number of benzene rings is 1. The summed E-state index contributed by atoms with van der Waals surface area (Å²) in [7, 11) is 1.45. The summed E-state index contributed by atoms with van der Waals surface area (Å²) in [5, 5.41) is 0.283. The first-order valence-corrected chi connectivity index (χ1v) is 6.29. The molecule has 1 unspecified atom stereocenters. The Morgan fingerprint density at radius 3 is 2.74 bits per heavy atom. The van der Waals surface area contributed by atoms with Crippen molar-refractivity contribution in [1.29, 1.82) is 0 Å². The van der Waals surface area contributed by atoms with Crippen molar-refractivity contribution in [2.45, 2.75) is 20.0 Å². The van der Waals surface area contributed by atoms with Crippen molar-refractivity contribution < 1.29 is 19.0 Å². The molecule has 0 radical (unpaired) electrons. The number of hydrogen-bond acceptors (Lipinski definition) is 5. The first-order chi connectivity index (χ1) is 8.99. The van der Waals surface area contributed by atoms with Gasteiger partial charge < -0.3 is 19.9 Å². The highest BCUT2D eigenvalue weighted by atomic mass is 35.5. The molecule has 0 bridgehead atoms. The van der Waals surface area contributed by atoms with E-state index in [1.54, 1.807) is 6.92 Å². The Morgan fingerprint density at radius 1 is 1.47 bits per heavy atom. The van der Waals surface area contributed by atoms with E-state index in [0.717, 1.165) is 0 Å². The zero-order valence-electron chi connectivity index (χ0n) is 11.2. The van der Waals surface area contributed by atoms with Crippen molar-refractivity contribution in [3.05, 3.63) is 22.7 Å². The van der Waals surface area contributed by atoms with Crippen LogP contribution >= 0.6 is 11.6 Å². The molecular formula is C13H18ClNO4. The molecule has 0 saturated heterocycles. The van der Waals surface area contributed by atoms with Crippen LogP contribution in [0.3, 0.4) is 0 Å². The van der Waals surface area contributed by atoms with Crippen LogP contribution in [0.5, 0.6) is 5.75 Å². The number of esters is 1. The highest BCUT2D eigenvalue weighted by Gasteiger charge is 2.18. The van der Waals surface area contributed by atoms with Crippen LogP contribution < -0.4 is 10.5 Å². The standard InChI is InChI=1S/C13H18ClNO4/c1-4-18-7-8(2)19-13(16)9-5-10(14)11(15)6-12(9)17-3/h5-6,8H,4,7,15H2,1-3H3. The number of methoxy groups -OCH3 is 1. The van der Waals surface area contributed by atoms with Crippen molar-refractivity contribution in [2.75, 3.05) is 26.1 Å². The van der Waals surface area contributed by atoms with Gasteiger partial charge in [0.1, 0.15) is 17.4 Å². The van der Waals surface area contributed by atoms with Gasteiger partial charge in [0.15, 0.2) is 0 Å². The maximum absolute atomic E-state index is 12.0. The molecule has 106 valence electrons. The van der Waals surface area contributed by atoms with Crippen LogP contribution in [-0.4, -0.2) is 32.4 Å². The lowest BCUT2D eigenvalue weighted by atomic mass is 10.2. The predicted molar refractivity (Wildman–Crippen MR) is 73.8 cm³/mol. The van der Waals surface area contributed by atoms with Crippen LogP contribution in [0, 0.1) is 0 Å². The molecule has 0 aliphatic carbocycles. The Labute approximate surface area is 117 Å². The molecule has 2 N–H and O–H groups in total. The zero-order valence-corrected chi connectivity index (χ0v) is 12.0. The number of nitrogen functional groups attached to an aromatic ring is 1. The second-order valence-corrected chi connectivity index (χ2v) is 4.36. The molecule has 0 amide bonds. The van der Waals surface area contributed by atoms with Crippen molar-refractivity contribution in [3.8, 4) is 5.75 Å². The fraction of sp³-hybridized carbons (Fsp3) is 0.462. The summed E-state index contributed by atoms with van der Waals surface area (Å²) >= 11 is 5.89. The lowest BCUT2D eigenvalue weighted by Crippen LogP contribution is -2.21. The summed E-state index contributed by atoms with van der Waals surface area (Å²) in [6, 6.07) is 2.93. The number of carbonyl (C=O) groups excluding carboxylic acids is 1. The molecule has 1 atom stereocenters. The third-order valence-corrected chi connectivity index (χ3v) is 2.73. The zero-order chi connectivity index (χ0) is 14.4. The first-order valence-electron chi connectivity index (χ1n) is 5.91. The average Bonchev–Trinajstić information content (AvgIpc) is 2.38. The molecule has 0 aromatic heterocycles. The van der Waals surface area contributed by atoms with Crippen molar-refractivity contribution in [3.63, 3.8) is 0 Å². The van der Waals surface area contributed by atoms with Gasteiger partial charge in [0.05, 0.1) is 24.4 Å². The summed E-state index contributed by atoms with van der Waals surface area (Å²) < 4.78 is 15.5. The molecule has 1 aromatic carbocycles. The Kier molecular flexibility index (Phi) is 5.92. The third kappa shape index (κ3) is 4.29. The molecule has 6 heteroatoms. The number of halogens is 1. The van der Waals surface area contributed by atoms with Gasteiger partial charge in [-0.2, -0.15) is 0 Å². The van der Waals surface area contributed by atoms with E-state index in [4.69, 9.17) is 31.5 Å². The van der Waals surface area contributed by atoms with E-state index < -0.39 is 5.97 Å².